The van der Waals surface area contributed by atoms with Gasteiger partial charge >= 0.3 is 6.09 Å². The van der Waals surface area contributed by atoms with Gasteiger partial charge in [-0.05, 0) is 51.3 Å². The number of hydrogen-bond acceptors (Lipinski definition) is 4. The van der Waals surface area contributed by atoms with Gasteiger partial charge in [-0.3, -0.25) is 0 Å². The van der Waals surface area contributed by atoms with Gasteiger partial charge in [-0.1, -0.05) is 91.0 Å². The van der Waals surface area contributed by atoms with Crippen LogP contribution in [0.4, 0.5) is 10.6 Å². The molecule has 0 fully saturated rings. The van der Waals surface area contributed by atoms with E-state index in [9.17, 15) is 4.79 Å². The summed E-state index contributed by atoms with van der Waals surface area (Å²) in [4.78, 5) is 12.5. The first-order chi connectivity index (χ1) is 17.7. The van der Waals surface area contributed by atoms with E-state index in [1.807, 2.05) is 49.8 Å². The highest BCUT2D eigenvalue weighted by molar-refractivity contribution is 5.68. The first kappa shape index (κ1) is 26.0. The largest absolute Gasteiger partial charge is 0.444 e. The molecule has 6 nitrogen and oxygen atoms in total. The van der Waals surface area contributed by atoms with Crippen LogP contribution >= 0.6 is 0 Å². The van der Waals surface area contributed by atoms with Crippen molar-refractivity contribution in [1.29, 1.82) is 0 Å². The highest BCUT2D eigenvalue weighted by Gasteiger charge is 2.38. The van der Waals surface area contributed by atoms with Crippen molar-refractivity contribution in [3.8, 4) is 0 Å². The topological polar surface area (TPSA) is 68.2 Å². The summed E-state index contributed by atoms with van der Waals surface area (Å²) in [5.41, 5.74) is 2.86. The fourth-order valence-electron chi connectivity index (χ4n) is 4.50. The fraction of sp³-hybridized carbons (Fsp3) is 0.290. The predicted octanol–water partition coefficient (Wildman–Crippen LogP) is 6.89. The average molecular weight is 497 g/mol. The molecule has 1 aromatic heterocycles. The minimum absolute atomic E-state index is 0.0952. The molecule has 4 aromatic rings. The summed E-state index contributed by atoms with van der Waals surface area (Å²) >= 11 is 0. The summed E-state index contributed by atoms with van der Waals surface area (Å²) in [5.74, 6) is 0.836. The first-order valence-electron chi connectivity index (χ1n) is 12.7. The molecule has 0 saturated carbocycles. The fourth-order valence-corrected chi connectivity index (χ4v) is 4.50. The lowest BCUT2D eigenvalue weighted by atomic mass is 9.77. The molecular weight excluding hydrogens is 460 g/mol. The molecule has 2 N–H and O–H groups in total. The number of alkyl carbamates (subject to hydrolysis) is 1. The van der Waals surface area contributed by atoms with E-state index in [1.165, 1.54) is 0 Å². The molecule has 0 aliphatic rings. The van der Waals surface area contributed by atoms with Gasteiger partial charge < -0.3 is 15.4 Å². The molecule has 0 spiro atoms. The Kier molecular flexibility index (Phi) is 7.67. The number of aromatic nitrogens is 2. The van der Waals surface area contributed by atoms with E-state index < -0.39 is 17.2 Å². The third kappa shape index (κ3) is 5.85. The summed E-state index contributed by atoms with van der Waals surface area (Å²) in [6, 6.07) is 31.4. The molecule has 0 aliphatic heterocycles. The van der Waals surface area contributed by atoms with Gasteiger partial charge in [0.15, 0.2) is 0 Å². The molecule has 6 heteroatoms. The average Bonchev–Trinajstić information content (AvgIpc) is 3.29. The third-order valence-electron chi connectivity index (χ3n) is 6.11. The number of ether oxygens (including phenoxy) is 1. The van der Waals surface area contributed by atoms with Crippen LogP contribution in [0, 0.1) is 0 Å². The predicted molar refractivity (Wildman–Crippen MR) is 149 cm³/mol. The maximum absolute atomic E-state index is 12.5. The Bertz CT molecular complexity index is 1200. The number of nitrogens with zero attached hydrogens (tertiary/aromatic N) is 2. The number of benzene rings is 3. The zero-order chi connectivity index (χ0) is 26.5. The van der Waals surface area contributed by atoms with Crippen LogP contribution in [-0.4, -0.2) is 21.5 Å². The molecule has 192 valence electrons. The maximum Gasteiger partial charge on any atom is 0.407 e. The lowest BCUT2D eigenvalue weighted by Gasteiger charge is -2.38. The Morgan fingerprint density at radius 3 is 1.70 bits per heavy atom. The van der Waals surface area contributed by atoms with Crippen molar-refractivity contribution in [3.63, 3.8) is 0 Å². The molecule has 0 bridgehead atoms. The van der Waals surface area contributed by atoms with Crippen molar-refractivity contribution < 1.29 is 9.53 Å². The van der Waals surface area contributed by atoms with Crippen LogP contribution in [0.15, 0.2) is 97.2 Å². The molecule has 37 heavy (non-hydrogen) atoms. The van der Waals surface area contributed by atoms with Crippen molar-refractivity contribution in [1.82, 2.24) is 15.1 Å². The summed E-state index contributed by atoms with van der Waals surface area (Å²) in [5, 5.41) is 11.5. The van der Waals surface area contributed by atoms with Crippen molar-refractivity contribution in [2.24, 2.45) is 0 Å². The van der Waals surface area contributed by atoms with Gasteiger partial charge in [0.1, 0.15) is 17.0 Å². The van der Waals surface area contributed by atoms with E-state index in [-0.39, 0.29) is 12.6 Å². The molecule has 0 saturated heterocycles. The van der Waals surface area contributed by atoms with Crippen molar-refractivity contribution in [3.05, 3.63) is 119 Å². The first-order valence-corrected chi connectivity index (χ1v) is 12.7. The van der Waals surface area contributed by atoms with E-state index in [1.54, 1.807) is 0 Å². The molecule has 0 radical (unpaired) electrons. The Morgan fingerprint density at radius 2 is 1.30 bits per heavy atom. The quantitative estimate of drug-likeness (QED) is 0.261. The zero-order valence-corrected chi connectivity index (χ0v) is 22.2. The van der Waals surface area contributed by atoms with Gasteiger partial charge in [-0.25, -0.2) is 9.48 Å². The number of anilines is 1. The second-order valence-electron chi connectivity index (χ2n) is 10.4. The van der Waals surface area contributed by atoms with E-state index in [0.29, 0.717) is 0 Å². The van der Waals surface area contributed by atoms with Gasteiger partial charge in [0, 0.05) is 11.6 Å². The van der Waals surface area contributed by atoms with Crippen LogP contribution < -0.4 is 10.6 Å². The second-order valence-corrected chi connectivity index (χ2v) is 10.4. The second kappa shape index (κ2) is 10.9. The highest BCUT2D eigenvalue weighted by atomic mass is 16.6. The normalized spacial score (nSPS) is 11.8. The van der Waals surface area contributed by atoms with Gasteiger partial charge in [0.2, 0.25) is 0 Å². The Labute approximate surface area is 219 Å². The number of rotatable bonds is 8. The van der Waals surface area contributed by atoms with E-state index >= 15 is 0 Å². The number of hydrogen-bond donors (Lipinski definition) is 2. The minimum Gasteiger partial charge on any atom is -0.444 e. The number of amides is 1. The molecule has 1 amide bonds. The van der Waals surface area contributed by atoms with Crippen LogP contribution in [0.1, 0.15) is 62.9 Å². The summed E-state index contributed by atoms with van der Waals surface area (Å²) in [6.45, 7) is 10.0. The molecule has 0 aliphatic carbocycles. The molecule has 0 unspecified atom stereocenters. The lowest BCUT2D eigenvalue weighted by molar-refractivity contribution is 0.0523. The Hall–Kier alpha value is -4.06. The van der Waals surface area contributed by atoms with Crippen molar-refractivity contribution in [2.75, 3.05) is 5.32 Å². The van der Waals surface area contributed by atoms with Crippen LogP contribution in [0.3, 0.4) is 0 Å². The monoisotopic (exact) mass is 496 g/mol. The standard InChI is InChI=1S/C31H36N4O2/c1-23(2)35-28(24(22-33-35)21-32-29(36)37-30(3,4)5)34-31(25-15-9-6-10-16-25,26-17-11-7-12-18-26)27-19-13-8-14-20-27/h6-20,22-23,34H,21H2,1-5H3,(H,32,36). The molecule has 1 heterocycles. The van der Waals surface area contributed by atoms with E-state index in [0.717, 1.165) is 28.1 Å². The van der Waals surface area contributed by atoms with Gasteiger partial charge in [0.05, 0.1) is 12.7 Å². The zero-order valence-electron chi connectivity index (χ0n) is 22.2. The Morgan fingerprint density at radius 1 is 0.838 bits per heavy atom. The van der Waals surface area contributed by atoms with Crippen molar-refractivity contribution >= 4 is 11.9 Å². The highest BCUT2D eigenvalue weighted by Crippen LogP contribution is 2.41. The summed E-state index contributed by atoms with van der Waals surface area (Å²) in [7, 11) is 0. The van der Waals surface area contributed by atoms with E-state index in [4.69, 9.17) is 9.84 Å². The minimum atomic E-state index is -0.711. The van der Waals surface area contributed by atoms with Crippen LogP contribution in [0.2, 0.25) is 0 Å². The van der Waals surface area contributed by atoms with E-state index in [2.05, 4.69) is 97.3 Å². The molecular formula is C31H36N4O2. The molecule has 3 aromatic carbocycles. The van der Waals surface area contributed by atoms with Crippen LogP contribution in [0.25, 0.3) is 0 Å². The van der Waals surface area contributed by atoms with Crippen molar-refractivity contribution in [2.45, 2.75) is 58.3 Å². The van der Waals surface area contributed by atoms with Crippen LogP contribution in [0.5, 0.6) is 0 Å². The van der Waals surface area contributed by atoms with Gasteiger partial charge in [-0.15, -0.1) is 0 Å². The Balaban J connectivity index is 1.86. The maximum atomic E-state index is 12.5. The number of nitrogens with one attached hydrogen (secondary N) is 2. The summed E-state index contributed by atoms with van der Waals surface area (Å²) < 4.78 is 7.43. The van der Waals surface area contributed by atoms with Crippen LogP contribution in [-0.2, 0) is 16.8 Å². The molecule has 4 rings (SSSR count). The number of carbonyl (C=O) groups is 1. The van der Waals surface area contributed by atoms with Gasteiger partial charge in [0.25, 0.3) is 0 Å². The lowest BCUT2D eigenvalue weighted by Crippen LogP contribution is -2.39. The number of carbonyl (C=O) groups excluding carboxylic acids is 1. The summed E-state index contributed by atoms with van der Waals surface area (Å²) in [6.07, 6.45) is 1.35. The smallest absolute Gasteiger partial charge is 0.407 e. The van der Waals surface area contributed by atoms with Gasteiger partial charge in [-0.2, -0.15) is 5.10 Å². The molecule has 0 atom stereocenters. The third-order valence-corrected chi connectivity index (χ3v) is 6.11. The SMILES string of the molecule is CC(C)n1ncc(CNC(=O)OC(C)(C)C)c1NC(c1ccccc1)(c1ccccc1)c1ccccc1.